The predicted molar refractivity (Wildman–Crippen MR) is 87.3 cm³/mol. The molecule has 0 spiro atoms. The van der Waals surface area contributed by atoms with E-state index in [1.165, 1.54) is 12.1 Å². The van der Waals surface area contributed by atoms with Gasteiger partial charge >= 0.3 is 0 Å². The van der Waals surface area contributed by atoms with Crippen molar-refractivity contribution in [2.45, 2.75) is 31.0 Å². The fourth-order valence-electron chi connectivity index (χ4n) is 3.42. The number of nitrogens with zero attached hydrogens (tertiary/aromatic N) is 3. The molecule has 0 amide bonds. The topological polar surface area (TPSA) is 92.4 Å². The van der Waals surface area contributed by atoms with Crippen molar-refractivity contribution in [2.75, 3.05) is 6.54 Å². The van der Waals surface area contributed by atoms with Crippen LogP contribution in [0, 0.1) is 17.1 Å². The molecule has 2 heterocycles. The van der Waals surface area contributed by atoms with Gasteiger partial charge in [-0.1, -0.05) is 6.07 Å². The molecular formula is C18H17FN4O2. The van der Waals surface area contributed by atoms with Crippen molar-refractivity contribution in [1.82, 2.24) is 15.2 Å². The first-order chi connectivity index (χ1) is 12.1. The fraction of sp³-hybridized carbons (Fsp3) is 0.333. The SMILES string of the molecule is N#Cc1cc(-c2ccc([C@@H]3C[C@H]3N3C(O)CNC3O)cn2)ccc1F. The highest BCUT2D eigenvalue weighted by molar-refractivity contribution is 5.61. The van der Waals surface area contributed by atoms with Crippen LogP contribution >= 0.6 is 0 Å². The zero-order chi connectivity index (χ0) is 17.6. The summed E-state index contributed by atoms with van der Waals surface area (Å²) in [6, 6.07) is 10.1. The Morgan fingerprint density at radius 1 is 1.28 bits per heavy atom. The van der Waals surface area contributed by atoms with Gasteiger partial charge in [0, 0.05) is 30.3 Å². The molecule has 2 fully saturated rings. The van der Waals surface area contributed by atoms with E-state index in [2.05, 4.69) is 10.3 Å². The van der Waals surface area contributed by atoms with Gasteiger partial charge in [-0.3, -0.25) is 10.3 Å². The van der Waals surface area contributed by atoms with E-state index in [1.807, 2.05) is 18.2 Å². The van der Waals surface area contributed by atoms with Crippen molar-refractivity contribution in [3.05, 3.63) is 53.5 Å². The molecule has 0 radical (unpaired) electrons. The lowest BCUT2D eigenvalue weighted by molar-refractivity contribution is -0.0628. The minimum absolute atomic E-state index is 0.00450. The first-order valence-electron chi connectivity index (χ1n) is 8.11. The van der Waals surface area contributed by atoms with E-state index >= 15 is 0 Å². The third-order valence-corrected chi connectivity index (χ3v) is 4.85. The zero-order valence-electron chi connectivity index (χ0n) is 13.3. The Kier molecular flexibility index (Phi) is 3.98. The maximum atomic E-state index is 13.4. The highest BCUT2D eigenvalue weighted by Crippen LogP contribution is 2.46. The second-order valence-corrected chi connectivity index (χ2v) is 6.40. The number of aliphatic hydroxyl groups excluding tert-OH is 2. The molecule has 4 atom stereocenters. The first kappa shape index (κ1) is 16.1. The van der Waals surface area contributed by atoms with E-state index in [9.17, 15) is 14.6 Å². The van der Waals surface area contributed by atoms with Crippen molar-refractivity contribution in [2.24, 2.45) is 0 Å². The second-order valence-electron chi connectivity index (χ2n) is 6.40. The summed E-state index contributed by atoms with van der Waals surface area (Å²) >= 11 is 0. The van der Waals surface area contributed by atoms with Gasteiger partial charge in [-0.25, -0.2) is 9.29 Å². The van der Waals surface area contributed by atoms with Crippen LogP contribution in [-0.4, -0.2) is 45.3 Å². The van der Waals surface area contributed by atoms with Crippen LogP contribution in [-0.2, 0) is 0 Å². The van der Waals surface area contributed by atoms with Crippen LogP contribution in [0.15, 0.2) is 36.5 Å². The lowest BCUT2D eigenvalue weighted by Gasteiger charge is -2.22. The Balaban J connectivity index is 1.51. The molecule has 1 aliphatic heterocycles. The van der Waals surface area contributed by atoms with Gasteiger partial charge in [0.25, 0.3) is 0 Å². The average Bonchev–Trinajstić information content (AvgIpc) is 3.34. The van der Waals surface area contributed by atoms with Crippen molar-refractivity contribution < 1.29 is 14.6 Å². The van der Waals surface area contributed by atoms with Crippen molar-refractivity contribution in [3.63, 3.8) is 0 Å². The van der Waals surface area contributed by atoms with Crippen LogP contribution in [0.5, 0.6) is 0 Å². The third kappa shape index (κ3) is 2.90. The number of hydrogen-bond donors (Lipinski definition) is 3. The molecule has 6 nitrogen and oxygen atoms in total. The Bertz CT molecular complexity index is 826. The molecule has 1 aliphatic carbocycles. The van der Waals surface area contributed by atoms with Gasteiger partial charge in [0.15, 0.2) is 6.35 Å². The van der Waals surface area contributed by atoms with Crippen LogP contribution in [0.2, 0.25) is 0 Å². The summed E-state index contributed by atoms with van der Waals surface area (Å²) in [4.78, 5) is 6.10. The molecule has 3 N–H and O–H groups in total. The molecule has 1 saturated heterocycles. The van der Waals surface area contributed by atoms with E-state index in [-0.39, 0.29) is 17.5 Å². The molecule has 4 rings (SSSR count). The fourth-order valence-corrected chi connectivity index (χ4v) is 3.42. The smallest absolute Gasteiger partial charge is 0.165 e. The lowest BCUT2D eigenvalue weighted by Crippen LogP contribution is -2.41. The minimum atomic E-state index is -0.819. The molecule has 1 saturated carbocycles. The summed E-state index contributed by atoms with van der Waals surface area (Å²) in [5.41, 5.74) is 2.38. The number of pyridine rings is 1. The zero-order valence-corrected chi connectivity index (χ0v) is 13.3. The molecule has 128 valence electrons. The second kappa shape index (κ2) is 6.17. The van der Waals surface area contributed by atoms with E-state index in [4.69, 9.17) is 5.26 Å². The number of hydrogen-bond acceptors (Lipinski definition) is 6. The number of nitriles is 1. The minimum Gasteiger partial charge on any atom is -0.377 e. The average molecular weight is 340 g/mol. The number of rotatable bonds is 3. The lowest BCUT2D eigenvalue weighted by atomic mass is 10.1. The van der Waals surface area contributed by atoms with Crippen LogP contribution in [0.1, 0.15) is 23.5 Å². The molecule has 2 unspecified atom stereocenters. The molecule has 2 aromatic rings. The standard InChI is InChI=1S/C18H17FN4O2/c19-14-3-1-10(5-12(14)7-20)15-4-2-11(8-21-15)13-6-16(13)23-17(24)9-22-18(23)25/h1-5,8,13,16-18,22,24-25H,6,9H2/t13-,16+,17?,18?/m0/s1. The summed E-state index contributed by atoms with van der Waals surface area (Å²) in [7, 11) is 0. The van der Waals surface area contributed by atoms with Crippen molar-refractivity contribution in [3.8, 4) is 17.3 Å². The number of nitrogens with one attached hydrogen (secondary N) is 1. The van der Waals surface area contributed by atoms with E-state index in [0.717, 1.165) is 12.0 Å². The molecule has 25 heavy (non-hydrogen) atoms. The third-order valence-electron chi connectivity index (χ3n) is 4.85. The first-order valence-corrected chi connectivity index (χ1v) is 8.11. The summed E-state index contributed by atoms with van der Waals surface area (Å²) in [5, 5.41) is 31.6. The van der Waals surface area contributed by atoms with Gasteiger partial charge in [0.2, 0.25) is 0 Å². The van der Waals surface area contributed by atoms with Gasteiger partial charge < -0.3 is 10.2 Å². The highest BCUT2D eigenvalue weighted by Gasteiger charge is 2.49. The Hall–Kier alpha value is -2.37. The van der Waals surface area contributed by atoms with Gasteiger partial charge in [0.05, 0.1) is 11.3 Å². The van der Waals surface area contributed by atoms with E-state index < -0.39 is 18.4 Å². The predicted octanol–water partition coefficient (Wildman–Crippen LogP) is 1.11. The summed E-state index contributed by atoms with van der Waals surface area (Å²) < 4.78 is 13.4. The number of halogens is 1. The van der Waals surface area contributed by atoms with Crippen LogP contribution < -0.4 is 5.32 Å². The van der Waals surface area contributed by atoms with Gasteiger partial charge in [-0.05, 0) is 36.2 Å². The molecule has 1 aromatic heterocycles. The monoisotopic (exact) mass is 340 g/mol. The quantitative estimate of drug-likeness (QED) is 0.775. The summed E-state index contributed by atoms with van der Waals surface area (Å²) in [5.74, 6) is -0.325. The summed E-state index contributed by atoms with van der Waals surface area (Å²) in [6.45, 7) is 0.355. The summed E-state index contributed by atoms with van der Waals surface area (Å²) in [6.07, 6.45) is 1.12. The Labute approximate surface area is 144 Å². The Morgan fingerprint density at radius 3 is 2.76 bits per heavy atom. The van der Waals surface area contributed by atoms with Crippen LogP contribution in [0.3, 0.4) is 0 Å². The molecule has 2 aliphatic rings. The van der Waals surface area contributed by atoms with Crippen molar-refractivity contribution in [1.29, 1.82) is 5.26 Å². The number of benzene rings is 1. The van der Waals surface area contributed by atoms with Crippen LogP contribution in [0.25, 0.3) is 11.3 Å². The van der Waals surface area contributed by atoms with Gasteiger partial charge in [0.1, 0.15) is 18.1 Å². The van der Waals surface area contributed by atoms with Gasteiger partial charge in [-0.2, -0.15) is 5.26 Å². The maximum absolute atomic E-state index is 13.4. The van der Waals surface area contributed by atoms with E-state index in [1.54, 1.807) is 17.2 Å². The number of β-amino-alcohol motifs (C(OH)–C–C–N with tert-alkyl or cyclic N) is 1. The molecule has 7 heteroatoms. The molecule has 0 bridgehead atoms. The highest BCUT2D eigenvalue weighted by atomic mass is 19.1. The largest absolute Gasteiger partial charge is 0.377 e. The van der Waals surface area contributed by atoms with Gasteiger partial charge in [-0.15, -0.1) is 0 Å². The van der Waals surface area contributed by atoms with E-state index in [0.29, 0.717) is 17.8 Å². The molecule has 1 aromatic carbocycles. The van der Waals surface area contributed by atoms with Crippen molar-refractivity contribution >= 4 is 0 Å². The molecular weight excluding hydrogens is 323 g/mol. The normalized spacial score (nSPS) is 28.7. The van der Waals surface area contributed by atoms with Crippen LogP contribution in [0.4, 0.5) is 4.39 Å². The number of aliphatic hydroxyl groups is 2. The Morgan fingerprint density at radius 2 is 2.12 bits per heavy atom. The number of aromatic nitrogens is 1. The maximum Gasteiger partial charge on any atom is 0.165 e.